The van der Waals surface area contributed by atoms with Gasteiger partial charge in [-0.1, -0.05) is 18.6 Å². The molecule has 8 heteroatoms. The van der Waals surface area contributed by atoms with Crippen molar-refractivity contribution in [3.63, 3.8) is 0 Å². The van der Waals surface area contributed by atoms with Gasteiger partial charge in [0, 0.05) is 13.1 Å². The molecular formula is C16H18N2O4S2. The van der Waals surface area contributed by atoms with Gasteiger partial charge in [0.2, 0.25) is 10.0 Å². The van der Waals surface area contributed by atoms with Gasteiger partial charge in [-0.25, -0.2) is 8.42 Å². The highest BCUT2D eigenvalue weighted by Crippen LogP contribution is 2.29. The number of nitrogens with one attached hydrogen (secondary N) is 1. The lowest BCUT2D eigenvalue weighted by molar-refractivity contribution is 0.102. The zero-order valence-electron chi connectivity index (χ0n) is 12.9. The zero-order valence-corrected chi connectivity index (χ0v) is 14.6. The normalized spacial score (nSPS) is 16.0. The number of para-hydroxylation sites is 2. The number of carbonyl (C=O) groups is 1. The van der Waals surface area contributed by atoms with E-state index >= 15 is 0 Å². The summed E-state index contributed by atoms with van der Waals surface area (Å²) in [6, 6.07) is 7.79. The highest BCUT2D eigenvalue weighted by molar-refractivity contribution is 7.89. The number of hydrogen-bond donors (Lipinski definition) is 2. The maximum absolute atomic E-state index is 12.8. The van der Waals surface area contributed by atoms with Crippen molar-refractivity contribution in [1.29, 1.82) is 0 Å². The summed E-state index contributed by atoms with van der Waals surface area (Å²) in [5.74, 6) is -0.607. The van der Waals surface area contributed by atoms with Gasteiger partial charge >= 0.3 is 0 Å². The first-order valence-electron chi connectivity index (χ1n) is 7.67. The summed E-state index contributed by atoms with van der Waals surface area (Å²) in [5, 5.41) is 13.9. The van der Waals surface area contributed by atoms with E-state index in [1.54, 1.807) is 23.6 Å². The summed E-state index contributed by atoms with van der Waals surface area (Å²) in [4.78, 5) is 12.6. The SMILES string of the molecule is O=C(Nc1ccccc1O)c1sccc1S(=O)(=O)N1CCCCC1. The van der Waals surface area contributed by atoms with E-state index in [1.165, 1.54) is 16.4 Å². The Morgan fingerprint density at radius 1 is 1.12 bits per heavy atom. The number of rotatable bonds is 4. The second-order valence-corrected chi connectivity index (χ2v) is 8.37. The second-order valence-electron chi connectivity index (χ2n) is 5.55. The molecule has 128 valence electrons. The Bertz CT molecular complexity index is 839. The Balaban J connectivity index is 1.87. The Kier molecular flexibility index (Phi) is 4.88. The van der Waals surface area contributed by atoms with E-state index in [0.29, 0.717) is 13.1 Å². The number of benzene rings is 1. The largest absolute Gasteiger partial charge is 0.506 e. The summed E-state index contributed by atoms with van der Waals surface area (Å²) in [6.45, 7) is 0.970. The Labute approximate surface area is 144 Å². The molecule has 1 amide bonds. The molecule has 2 aromatic rings. The van der Waals surface area contributed by atoms with E-state index in [-0.39, 0.29) is 21.2 Å². The highest BCUT2D eigenvalue weighted by Gasteiger charge is 2.31. The summed E-state index contributed by atoms with van der Waals surface area (Å²) in [7, 11) is -3.68. The highest BCUT2D eigenvalue weighted by atomic mass is 32.2. The first-order valence-corrected chi connectivity index (χ1v) is 9.99. The van der Waals surface area contributed by atoms with E-state index in [2.05, 4.69) is 5.32 Å². The van der Waals surface area contributed by atoms with Gasteiger partial charge in [0.15, 0.2) is 0 Å². The molecule has 0 saturated carbocycles. The molecule has 2 N–H and O–H groups in total. The molecule has 2 heterocycles. The van der Waals surface area contributed by atoms with Crippen LogP contribution in [0.15, 0.2) is 40.6 Å². The van der Waals surface area contributed by atoms with Crippen molar-refractivity contribution in [2.75, 3.05) is 18.4 Å². The summed E-state index contributed by atoms with van der Waals surface area (Å²) >= 11 is 1.07. The van der Waals surface area contributed by atoms with Crippen molar-refractivity contribution < 1.29 is 18.3 Å². The first kappa shape index (κ1) is 16.9. The van der Waals surface area contributed by atoms with Gasteiger partial charge in [0.25, 0.3) is 5.91 Å². The number of phenols is 1. The minimum absolute atomic E-state index is 0.0299. The maximum atomic E-state index is 12.8. The molecule has 3 rings (SSSR count). The Morgan fingerprint density at radius 2 is 1.83 bits per heavy atom. The third kappa shape index (κ3) is 3.31. The van der Waals surface area contributed by atoms with Crippen LogP contribution in [0, 0.1) is 0 Å². The first-order chi connectivity index (χ1) is 11.5. The van der Waals surface area contributed by atoms with E-state index in [1.807, 2.05) is 0 Å². The van der Waals surface area contributed by atoms with Crippen LogP contribution >= 0.6 is 11.3 Å². The van der Waals surface area contributed by atoms with Crippen molar-refractivity contribution >= 4 is 33.0 Å². The molecule has 0 bridgehead atoms. The molecule has 1 aliphatic heterocycles. The Morgan fingerprint density at radius 3 is 2.54 bits per heavy atom. The number of aromatic hydroxyl groups is 1. The van der Waals surface area contributed by atoms with E-state index in [4.69, 9.17) is 0 Å². The van der Waals surface area contributed by atoms with Crippen LogP contribution in [0.1, 0.15) is 28.9 Å². The second kappa shape index (κ2) is 6.92. The van der Waals surface area contributed by atoms with Crippen molar-refractivity contribution in [2.24, 2.45) is 0 Å². The summed E-state index contributed by atoms with van der Waals surface area (Å²) < 4.78 is 27.0. The minimum Gasteiger partial charge on any atom is -0.506 e. The van der Waals surface area contributed by atoms with Crippen LogP contribution in [0.25, 0.3) is 0 Å². The number of hydrogen-bond acceptors (Lipinski definition) is 5. The quantitative estimate of drug-likeness (QED) is 0.815. The van der Waals surface area contributed by atoms with Crippen LogP contribution in [0.5, 0.6) is 5.75 Å². The van der Waals surface area contributed by atoms with Gasteiger partial charge in [-0.3, -0.25) is 4.79 Å². The van der Waals surface area contributed by atoms with E-state index < -0.39 is 15.9 Å². The van der Waals surface area contributed by atoms with Gasteiger partial charge in [0.05, 0.1) is 5.69 Å². The Hall–Kier alpha value is -1.90. The van der Waals surface area contributed by atoms with E-state index in [0.717, 1.165) is 30.6 Å². The molecular weight excluding hydrogens is 348 g/mol. The number of amides is 1. The minimum atomic E-state index is -3.68. The monoisotopic (exact) mass is 366 g/mol. The number of carbonyl (C=O) groups excluding carboxylic acids is 1. The van der Waals surface area contributed by atoms with Crippen molar-refractivity contribution in [1.82, 2.24) is 4.31 Å². The number of nitrogens with zero attached hydrogens (tertiary/aromatic N) is 1. The van der Waals surface area contributed by atoms with Gasteiger partial charge < -0.3 is 10.4 Å². The topological polar surface area (TPSA) is 86.7 Å². The lowest BCUT2D eigenvalue weighted by Gasteiger charge is -2.25. The van der Waals surface area contributed by atoms with Crippen LogP contribution < -0.4 is 5.32 Å². The fraction of sp³-hybridized carbons (Fsp3) is 0.312. The smallest absolute Gasteiger partial charge is 0.267 e. The van der Waals surface area contributed by atoms with Gasteiger partial charge in [-0.15, -0.1) is 11.3 Å². The molecule has 6 nitrogen and oxygen atoms in total. The fourth-order valence-corrected chi connectivity index (χ4v) is 5.48. The van der Waals surface area contributed by atoms with E-state index in [9.17, 15) is 18.3 Å². The van der Waals surface area contributed by atoms with Crippen molar-refractivity contribution in [3.05, 3.63) is 40.6 Å². The van der Waals surface area contributed by atoms with Crippen molar-refractivity contribution in [3.8, 4) is 5.75 Å². The molecule has 0 aliphatic carbocycles. The average Bonchev–Trinajstić information content (AvgIpc) is 3.08. The lowest BCUT2D eigenvalue weighted by atomic mass is 10.2. The average molecular weight is 366 g/mol. The molecule has 24 heavy (non-hydrogen) atoms. The number of phenolic OH excluding ortho intramolecular Hbond substituents is 1. The van der Waals surface area contributed by atoms with Crippen LogP contribution in [0.4, 0.5) is 5.69 Å². The third-order valence-electron chi connectivity index (χ3n) is 3.92. The molecule has 1 fully saturated rings. The van der Waals surface area contributed by atoms with Crippen LogP contribution in [0.2, 0.25) is 0 Å². The molecule has 1 aliphatic rings. The summed E-state index contributed by atoms with van der Waals surface area (Å²) in [6.07, 6.45) is 2.70. The number of anilines is 1. The fourth-order valence-electron chi connectivity index (χ4n) is 2.67. The molecule has 0 radical (unpaired) electrons. The van der Waals surface area contributed by atoms with Crippen LogP contribution in [-0.4, -0.2) is 36.8 Å². The predicted octanol–water partition coefficient (Wildman–Crippen LogP) is 2.88. The molecule has 0 atom stereocenters. The number of piperidine rings is 1. The predicted molar refractivity (Wildman–Crippen MR) is 93.0 cm³/mol. The lowest BCUT2D eigenvalue weighted by Crippen LogP contribution is -2.36. The van der Waals surface area contributed by atoms with Gasteiger partial charge in [-0.2, -0.15) is 4.31 Å². The van der Waals surface area contributed by atoms with Gasteiger partial charge in [0.1, 0.15) is 15.5 Å². The molecule has 1 aromatic heterocycles. The van der Waals surface area contributed by atoms with Crippen molar-refractivity contribution in [2.45, 2.75) is 24.2 Å². The molecule has 0 unspecified atom stereocenters. The summed E-state index contributed by atoms with van der Waals surface area (Å²) in [5.41, 5.74) is 0.247. The maximum Gasteiger partial charge on any atom is 0.267 e. The van der Waals surface area contributed by atoms with Crippen LogP contribution in [-0.2, 0) is 10.0 Å². The molecule has 1 saturated heterocycles. The number of thiophene rings is 1. The standard InChI is InChI=1S/C16H18N2O4S2/c19-13-7-3-2-6-12(13)17-16(20)15-14(8-11-23-15)24(21,22)18-9-4-1-5-10-18/h2-3,6-8,11,19H,1,4-5,9-10H2,(H,17,20). The molecule has 0 spiro atoms. The zero-order chi connectivity index (χ0) is 17.2. The number of sulfonamides is 1. The van der Waals surface area contributed by atoms with Crippen LogP contribution in [0.3, 0.4) is 0 Å². The van der Waals surface area contributed by atoms with Gasteiger partial charge in [-0.05, 0) is 36.4 Å². The molecule has 1 aromatic carbocycles. The third-order valence-corrected chi connectivity index (χ3v) is 6.90.